The smallest absolute Gasteiger partial charge is 0.288 e. The van der Waals surface area contributed by atoms with E-state index in [1.165, 1.54) is 24.3 Å². The summed E-state index contributed by atoms with van der Waals surface area (Å²) in [5.41, 5.74) is 3.95. The molecule has 0 fully saturated rings. The molecule has 1 aromatic heterocycles. The molecular formula is C23H22FN2OS+. The first-order valence-corrected chi connectivity index (χ1v) is 9.47. The van der Waals surface area contributed by atoms with Crippen molar-refractivity contribution in [1.29, 1.82) is 0 Å². The second-order valence-corrected chi connectivity index (χ2v) is 6.87. The highest BCUT2D eigenvalue weighted by molar-refractivity contribution is 7.81. The molecule has 2 N–H and O–H groups in total. The molecule has 0 radical (unpaired) electrons. The fourth-order valence-electron chi connectivity index (χ4n) is 2.96. The number of nitrogens with zero attached hydrogens (tertiary/aromatic N) is 1. The molecule has 0 spiro atoms. The van der Waals surface area contributed by atoms with E-state index in [0.717, 1.165) is 23.2 Å². The number of hydrogen-bond donors (Lipinski definition) is 2. The van der Waals surface area contributed by atoms with Gasteiger partial charge in [-0.15, -0.1) is 0 Å². The molecule has 0 aliphatic heterocycles. The van der Waals surface area contributed by atoms with Crippen LogP contribution in [0.2, 0.25) is 0 Å². The highest BCUT2D eigenvalue weighted by Crippen LogP contribution is 2.21. The van der Waals surface area contributed by atoms with Crippen LogP contribution in [0.25, 0.3) is 11.5 Å². The van der Waals surface area contributed by atoms with Crippen molar-refractivity contribution in [3.63, 3.8) is 0 Å². The van der Waals surface area contributed by atoms with E-state index in [4.69, 9.17) is 12.2 Å². The van der Waals surface area contributed by atoms with Crippen molar-refractivity contribution >= 4 is 34.3 Å². The predicted molar refractivity (Wildman–Crippen MR) is 116 cm³/mol. The molecule has 1 heterocycles. The molecule has 0 saturated carbocycles. The molecule has 0 bridgehead atoms. The summed E-state index contributed by atoms with van der Waals surface area (Å²) in [6.45, 7) is 4.04. The van der Waals surface area contributed by atoms with Gasteiger partial charge in [0.05, 0.1) is 0 Å². The lowest BCUT2D eigenvalue weighted by atomic mass is 10.1. The minimum atomic E-state index is -0.362. The third kappa shape index (κ3) is 4.43. The topological polar surface area (TPSA) is 36.1 Å². The molecule has 3 aromatic rings. The number of halogens is 1. The van der Waals surface area contributed by atoms with Crippen molar-refractivity contribution in [3.8, 4) is 0 Å². The normalized spacial score (nSPS) is 11.7. The Labute approximate surface area is 169 Å². The molecule has 0 atom stereocenters. The number of thiocarbonyl (C=S) groups is 1. The first kappa shape index (κ1) is 19.7. The van der Waals surface area contributed by atoms with Crippen molar-refractivity contribution < 1.29 is 14.1 Å². The Morgan fingerprint density at radius 2 is 1.79 bits per heavy atom. The highest BCUT2D eigenvalue weighted by atomic mass is 32.1. The first-order valence-electron chi connectivity index (χ1n) is 9.06. The number of para-hydroxylation sites is 1. The number of nitrogens with one attached hydrogen (secondary N) is 1. The van der Waals surface area contributed by atoms with E-state index in [1.54, 1.807) is 4.57 Å². The lowest BCUT2D eigenvalue weighted by Gasteiger charge is -2.13. The Bertz CT molecular complexity index is 1030. The maximum absolute atomic E-state index is 13.3. The molecule has 3 nitrogen and oxygen atoms in total. The van der Waals surface area contributed by atoms with Gasteiger partial charge < -0.3 is 10.4 Å². The van der Waals surface area contributed by atoms with E-state index in [1.807, 2.05) is 55.7 Å². The number of aliphatic hydroxyl groups excluding tert-OH is 1. The second kappa shape index (κ2) is 8.76. The van der Waals surface area contributed by atoms with Crippen molar-refractivity contribution in [2.45, 2.75) is 20.3 Å². The molecule has 0 aliphatic carbocycles. The molecule has 5 heteroatoms. The van der Waals surface area contributed by atoms with E-state index in [0.29, 0.717) is 16.2 Å². The average Bonchev–Trinajstić information content (AvgIpc) is 2.69. The number of hydrogen-bond acceptors (Lipinski definition) is 2. The fraction of sp³-hybridized carbons (Fsp3) is 0.130. The summed E-state index contributed by atoms with van der Waals surface area (Å²) >= 11 is 5.67. The maximum Gasteiger partial charge on any atom is 0.288 e. The minimum Gasteiger partial charge on any atom is -0.502 e. The quantitative estimate of drug-likeness (QED) is 0.267. The Hall–Kier alpha value is -3.05. The standard InChI is InChI=1S/C23H21FN2OS/c1-3-17-8-4-5-9-20(17)25-23(28)21(26-14-6-7-16(2)15-26)22(27)18-10-12-19(24)13-11-18/h4-15H,3H2,1-2H3,(H-,25,27,28)/p+1. The van der Waals surface area contributed by atoms with Crippen LogP contribution >= 0.6 is 12.2 Å². The van der Waals surface area contributed by atoms with Gasteiger partial charge in [-0.1, -0.05) is 37.3 Å². The predicted octanol–water partition coefficient (Wildman–Crippen LogP) is 5.31. The molecule has 142 valence electrons. The summed E-state index contributed by atoms with van der Waals surface area (Å²) < 4.78 is 15.1. The summed E-state index contributed by atoms with van der Waals surface area (Å²) in [4.78, 5) is 0.373. The lowest BCUT2D eigenvalue weighted by Crippen LogP contribution is -2.38. The summed E-state index contributed by atoms with van der Waals surface area (Å²) in [6.07, 6.45) is 4.56. The van der Waals surface area contributed by atoms with Gasteiger partial charge in [-0.25, -0.2) is 4.39 Å². The van der Waals surface area contributed by atoms with Gasteiger partial charge in [0.25, 0.3) is 5.70 Å². The van der Waals surface area contributed by atoms with Crippen LogP contribution in [0.1, 0.15) is 23.6 Å². The van der Waals surface area contributed by atoms with Crippen LogP contribution in [0.4, 0.5) is 10.1 Å². The van der Waals surface area contributed by atoms with Crippen LogP contribution in [-0.4, -0.2) is 10.1 Å². The number of aryl methyl sites for hydroxylation is 2. The summed E-state index contributed by atoms with van der Waals surface area (Å²) in [7, 11) is 0. The first-order chi connectivity index (χ1) is 13.5. The van der Waals surface area contributed by atoms with Crippen molar-refractivity contribution in [2.75, 3.05) is 5.32 Å². The van der Waals surface area contributed by atoms with Gasteiger partial charge in [-0.05, 0) is 55.3 Å². The van der Waals surface area contributed by atoms with Gasteiger partial charge in [-0.3, -0.25) is 0 Å². The molecule has 0 amide bonds. The number of anilines is 1. The van der Waals surface area contributed by atoms with Gasteiger partial charge in [0.15, 0.2) is 23.1 Å². The van der Waals surface area contributed by atoms with Crippen molar-refractivity contribution in [2.24, 2.45) is 0 Å². The molecule has 3 rings (SSSR count). The number of pyridine rings is 1. The summed E-state index contributed by atoms with van der Waals surface area (Å²) in [6, 6.07) is 17.4. The molecule has 0 saturated heterocycles. The van der Waals surface area contributed by atoms with Crippen LogP contribution in [-0.2, 0) is 6.42 Å². The number of aromatic nitrogens is 1. The number of benzene rings is 2. The van der Waals surface area contributed by atoms with Gasteiger partial charge in [-0.2, -0.15) is 4.57 Å². The molecule has 0 aliphatic rings. The summed E-state index contributed by atoms with van der Waals surface area (Å²) in [5.74, 6) is -0.388. The highest BCUT2D eigenvalue weighted by Gasteiger charge is 2.24. The van der Waals surface area contributed by atoms with Gasteiger partial charge in [0.2, 0.25) is 0 Å². The molecule has 0 unspecified atom stereocenters. The van der Waals surface area contributed by atoms with Crippen LogP contribution in [0.3, 0.4) is 0 Å². The Balaban J connectivity index is 2.09. The second-order valence-electron chi connectivity index (χ2n) is 6.46. The van der Waals surface area contributed by atoms with E-state index in [9.17, 15) is 9.50 Å². The maximum atomic E-state index is 13.3. The summed E-state index contributed by atoms with van der Waals surface area (Å²) in [5, 5.41) is 14.3. The average molecular weight is 394 g/mol. The van der Waals surface area contributed by atoms with Crippen molar-refractivity contribution in [3.05, 3.63) is 95.6 Å². The van der Waals surface area contributed by atoms with Crippen LogP contribution in [0, 0.1) is 12.7 Å². The third-order valence-electron chi connectivity index (χ3n) is 4.41. The largest absolute Gasteiger partial charge is 0.502 e. The Kier molecular flexibility index (Phi) is 6.16. The number of aliphatic hydroxyl groups is 1. The van der Waals surface area contributed by atoms with Crippen LogP contribution in [0.15, 0.2) is 73.1 Å². The minimum absolute atomic E-state index is 0.0259. The lowest BCUT2D eigenvalue weighted by molar-refractivity contribution is -0.576. The monoisotopic (exact) mass is 393 g/mol. The van der Waals surface area contributed by atoms with Gasteiger partial charge in [0, 0.05) is 22.9 Å². The van der Waals surface area contributed by atoms with Crippen LogP contribution in [0.5, 0.6) is 0 Å². The zero-order chi connectivity index (χ0) is 20.1. The molecule has 2 aromatic carbocycles. The van der Waals surface area contributed by atoms with E-state index in [2.05, 4.69) is 12.2 Å². The number of rotatable bonds is 5. The SMILES string of the molecule is CCc1ccccc1NC(=S)C(=C(O)c1ccc(F)cc1)[n+]1cccc(C)c1. The van der Waals surface area contributed by atoms with E-state index >= 15 is 0 Å². The van der Waals surface area contributed by atoms with Gasteiger partial charge in [0.1, 0.15) is 5.82 Å². The van der Waals surface area contributed by atoms with Crippen LogP contribution < -0.4 is 9.88 Å². The van der Waals surface area contributed by atoms with Crippen molar-refractivity contribution in [1.82, 2.24) is 0 Å². The zero-order valence-electron chi connectivity index (χ0n) is 15.8. The Morgan fingerprint density at radius 3 is 2.46 bits per heavy atom. The van der Waals surface area contributed by atoms with E-state index in [-0.39, 0.29) is 11.6 Å². The molecule has 28 heavy (non-hydrogen) atoms. The fourth-order valence-corrected chi connectivity index (χ4v) is 3.27. The van der Waals surface area contributed by atoms with Gasteiger partial charge >= 0.3 is 0 Å². The zero-order valence-corrected chi connectivity index (χ0v) is 16.6. The third-order valence-corrected chi connectivity index (χ3v) is 4.71. The van der Waals surface area contributed by atoms with E-state index < -0.39 is 0 Å². The Morgan fingerprint density at radius 1 is 1.07 bits per heavy atom. The molecular weight excluding hydrogens is 371 g/mol.